The molecule has 0 amide bonds. The van der Waals surface area contributed by atoms with Gasteiger partial charge in [-0.05, 0) is 97.7 Å². The largest absolute Gasteiger partial charge is 0.396 e. The summed E-state index contributed by atoms with van der Waals surface area (Å²) in [5, 5.41) is 9.31. The van der Waals surface area contributed by atoms with Gasteiger partial charge in [-0.25, -0.2) is 0 Å². The number of hydrogen-bond donors (Lipinski definition) is 1. The van der Waals surface area contributed by atoms with E-state index < -0.39 is 0 Å². The van der Waals surface area contributed by atoms with Crippen LogP contribution in [0.5, 0.6) is 0 Å². The molecule has 0 aliphatic heterocycles. The van der Waals surface area contributed by atoms with Gasteiger partial charge in [-0.15, -0.1) is 0 Å². The molecule has 28 heavy (non-hydrogen) atoms. The highest BCUT2D eigenvalue weighted by Crippen LogP contribution is 2.66. The smallest absolute Gasteiger partial charge is 0.0456 e. The number of allylic oxidation sites excluding steroid dienone is 2. The van der Waals surface area contributed by atoms with Crippen LogP contribution >= 0.6 is 0 Å². The van der Waals surface area contributed by atoms with Crippen LogP contribution in [0, 0.1) is 46.3 Å². The molecule has 0 heterocycles. The number of rotatable bonds is 6. The third-order valence-corrected chi connectivity index (χ3v) is 10.4. The molecule has 1 nitrogen and oxygen atoms in total. The average molecular weight is 387 g/mol. The van der Waals surface area contributed by atoms with Gasteiger partial charge >= 0.3 is 0 Å². The topological polar surface area (TPSA) is 20.2 Å². The van der Waals surface area contributed by atoms with Crippen LogP contribution in [0.25, 0.3) is 0 Å². The summed E-state index contributed by atoms with van der Waals surface area (Å²) in [6.45, 7) is 10.4. The van der Waals surface area contributed by atoms with E-state index >= 15 is 0 Å². The monoisotopic (exact) mass is 386 g/mol. The van der Waals surface area contributed by atoms with Crippen molar-refractivity contribution in [3.63, 3.8) is 0 Å². The molecule has 0 aromatic rings. The van der Waals surface area contributed by atoms with Crippen LogP contribution in [0.2, 0.25) is 0 Å². The van der Waals surface area contributed by atoms with E-state index in [1.54, 1.807) is 0 Å². The molecule has 4 rings (SSSR count). The van der Waals surface area contributed by atoms with Crippen molar-refractivity contribution in [2.24, 2.45) is 46.3 Å². The van der Waals surface area contributed by atoms with Crippen molar-refractivity contribution in [3.05, 3.63) is 11.6 Å². The summed E-state index contributed by atoms with van der Waals surface area (Å²) >= 11 is 0. The lowest BCUT2D eigenvalue weighted by atomic mass is 9.48. The van der Waals surface area contributed by atoms with E-state index in [1.807, 2.05) is 5.57 Å². The Bertz CT molecular complexity index is 579. The van der Waals surface area contributed by atoms with Gasteiger partial charge in [0.15, 0.2) is 0 Å². The fourth-order valence-corrected chi connectivity index (χ4v) is 8.60. The molecule has 2 unspecified atom stereocenters. The van der Waals surface area contributed by atoms with E-state index in [4.69, 9.17) is 0 Å². The first-order chi connectivity index (χ1) is 13.4. The molecule has 3 saturated carbocycles. The first-order valence-corrected chi connectivity index (χ1v) is 12.7. The van der Waals surface area contributed by atoms with E-state index in [0.29, 0.717) is 23.4 Å². The third kappa shape index (κ3) is 3.42. The Kier molecular flexibility index (Phi) is 6.05. The number of aliphatic hydroxyl groups is 1. The lowest BCUT2D eigenvalue weighted by Crippen LogP contribution is -2.48. The summed E-state index contributed by atoms with van der Waals surface area (Å²) in [5.41, 5.74) is 3.11. The SMILES string of the molecule is CC(CO)CCC[C@@H](C)[C@H]1CC[C@H]2C3=CCC4CCCC[C@]4(C)[C@H]3CC[C@]12C. The Morgan fingerprint density at radius 1 is 0.964 bits per heavy atom. The van der Waals surface area contributed by atoms with Gasteiger partial charge in [-0.1, -0.05) is 65.0 Å². The standard InChI is InChI=1S/C27H46O/c1-19(18-28)8-7-9-20(2)23-13-14-24-22-12-11-21-10-5-6-16-26(21,3)25(22)15-17-27(23,24)4/h12,19-21,23-25,28H,5-11,13-18H2,1-4H3/t19?,20-,21?,23-,24+,25+,26+,27-/m1/s1. The average Bonchev–Trinajstić information content (AvgIpc) is 3.04. The lowest BCUT2D eigenvalue weighted by molar-refractivity contribution is -0.00805. The molecule has 0 saturated heterocycles. The van der Waals surface area contributed by atoms with Crippen LogP contribution in [0.15, 0.2) is 11.6 Å². The zero-order valence-electron chi connectivity index (χ0n) is 19.2. The van der Waals surface area contributed by atoms with Crippen LogP contribution in [0.1, 0.15) is 105 Å². The highest BCUT2D eigenvalue weighted by atomic mass is 16.3. The maximum absolute atomic E-state index is 9.31. The first-order valence-electron chi connectivity index (χ1n) is 12.7. The predicted molar refractivity (Wildman–Crippen MR) is 119 cm³/mol. The summed E-state index contributed by atoms with van der Waals surface area (Å²) in [7, 11) is 0. The van der Waals surface area contributed by atoms with Gasteiger partial charge in [0.1, 0.15) is 0 Å². The van der Waals surface area contributed by atoms with Crippen LogP contribution in [0.4, 0.5) is 0 Å². The molecular weight excluding hydrogens is 340 g/mol. The van der Waals surface area contributed by atoms with Crippen molar-refractivity contribution in [1.82, 2.24) is 0 Å². The van der Waals surface area contributed by atoms with Gasteiger partial charge in [0.25, 0.3) is 0 Å². The molecule has 4 aliphatic rings. The van der Waals surface area contributed by atoms with Gasteiger partial charge in [-0.2, -0.15) is 0 Å². The van der Waals surface area contributed by atoms with E-state index in [2.05, 4.69) is 33.8 Å². The minimum Gasteiger partial charge on any atom is -0.396 e. The molecule has 4 aliphatic carbocycles. The highest BCUT2D eigenvalue weighted by molar-refractivity contribution is 5.27. The summed E-state index contributed by atoms with van der Waals surface area (Å²) in [4.78, 5) is 0. The zero-order chi connectivity index (χ0) is 19.9. The molecule has 1 heteroatoms. The second-order valence-corrected chi connectivity index (χ2v) is 11.9. The molecule has 0 aromatic heterocycles. The summed E-state index contributed by atoms with van der Waals surface area (Å²) in [5.74, 6) is 5.01. The minimum atomic E-state index is 0.354. The van der Waals surface area contributed by atoms with Gasteiger partial charge in [0.05, 0.1) is 0 Å². The van der Waals surface area contributed by atoms with Gasteiger partial charge < -0.3 is 5.11 Å². The Balaban J connectivity index is 1.47. The third-order valence-electron chi connectivity index (χ3n) is 10.4. The van der Waals surface area contributed by atoms with Gasteiger partial charge in [-0.3, -0.25) is 0 Å². The van der Waals surface area contributed by atoms with E-state index in [-0.39, 0.29) is 0 Å². The number of aliphatic hydroxyl groups excluding tert-OH is 1. The Labute approximate surface area is 174 Å². The Morgan fingerprint density at radius 3 is 2.54 bits per heavy atom. The maximum Gasteiger partial charge on any atom is 0.0456 e. The van der Waals surface area contributed by atoms with Crippen LogP contribution in [-0.2, 0) is 0 Å². The molecule has 1 N–H and O–H groups in total. The second-order valence-electron chi connectivity index (χ2n) is 11.9. The van der Waals surface area contributed by atoms with Crippen molar-refractivity contribution >= 4 is 0 Å². The van der Waals surface area contributed by atoms with Crippen molar-refractivity contribution in [2.75, 3.05) is 6.61 Å². The first kappa shape index (κ1) is 21.0. The molecule has 160 valence electrons. The number of fused-ring (bicyclic) bond motifs is 5. The summed E-state index contributed by atoms with van der Waals surface area (Å²) in [6, 6.07) is 0. The Morgan fingerprint density at radius 2 is 1.75 bits per heavy atom. The van der Waals surface area contributed by atoms with Crippen LogP contribution in [-0.4, -0.2) is 11.7 Å². The molecular formula is C27H46O. The quantitative estimate of drug-likeness (QED) is 0.472. The zero-order valence-corrected chi connectivity index (χ0v) is 19.2. The van der Waals surface area contributed by atoms with Crippen molar-refractivity contribution < 1.29 is 5.11 Å². The maximum atomic E-state index is 9.31. The summed E-state index contributed by atoms with van der Waals surface area (Å²) in [6.07, 6.45) is 19.8. The normalized spacial score (nSPS) is 44.8. The molecule has 3 fully saturated rings. The molecule has 0 spiro atoms. The molecule has 0 aromatic carbocycles. The lowest BCUT2D eigenvalue weighted by Gasteiger charge is -2.57. The Hall–Kier alpha value is -0.300. The minimum absolute atomic E-state index is 0.354. The second kappa shape index (κ2) is 8.09. The van der Waals surface area contributed by atoms with E-state index in [9.17, 15) is 5.11 Å². The van der Waals surface area contributed by atoms with Crippen molar-refractivity contribution in [2.45, 2.75) is 105 Å². The van der Waals surface area contributed by atoms with E-state index in [0.717, 1.165) is 29.6 Å². The fourth-order valence-electron chi connectivity index (χ4n) is 8.60. The fraction of sp³-hybridized carbons (Fsp3) is 0.926. The highest BCUT2D eigenvalue weighted by Gasteiger charge is 2.57. The van der Waals surface area contributed by atoms with E-state index in [1.165, 1.54) is 77.0 Å². The predicted octanol–water partition coefficient (Wildman–Crippen LogP) is 7.39. The summed E-state index contributed by atoms with van der Waals surface area (Å²) < 4.78 is 0. The van der Waals surface area contributed by atoms with Crippen molar-refractivity contribution in [1.29, 1.82) is 0 Å². The molecule has 0 bridgehead atoms. The van der Waals surface area contributed by atoms with Gasteiger partial charge in [0.2, 0.25) is 0 Å². The van der Waals surface area contributed by atoms with Crippen LogP contribution < -0.4 is 0 Å². The molecule has 8 atom stereocenters. The number of hydrogen-bond acceptors (Lipinski definition) is 1. The van der Waals surface area contributed by atoms with Gasteiger partial charge in [0, 0.05) is 6.61 Å². The van der Waals surface area contributed by atoms with Crippen molar-refractivity contribution in [3.8, 4) is 0 Å². The molecule has 0 radical (unpaired) electrons. The van der Waals surface area contributed by atoms with Crippen LogP contribution in [0.3, 0.4) is 0 Å².